The van der Waals surface area contributed by atoms with Crippen LogP contribution in [0.1, 0.15) is 6.92 Å². The highest BCUT2D eigenvalue weighted by Crippen LogP contribution is 2.20. The minimum Gasteiger partial charge on any atom is -0.367 e. The van der Waals surface area contributed by atoms with Crippen LogP contribution in [0.25, 0.3) is 0 Å². The molecule has 4 heteroatoms. The van der Waals surface area contributed by atoms with Crippen LogP contribution in [0.3, 0.4) is 0 Å². The van der Waals surface area contributed by atoms with Gasteiger partial charge >= 0.3 is 0 Å². The Morgan fingerprint density at radius 3 is 2.45 bits per heavy atom. The molecule has 20 heavy (non-hydrogen) atoms. The van der Waals surface area contributed by atoms with E-state index in [0.717, 1.165) is 51.5 Å². The van der Waals surface area contributed by atoms with E-state index in [9.17, 15) is 4.39 Å². The molecule has 0 bridgehead atoms. The average Bonchev–Trinajstić information content (AvgIpc) is 2.38. The maximum atomic E-state index is 13.8. The van der Waals surface area contributed by atoms with Crippen molar-refractivity contribution >= 4 is 5.69 Å². The van der Waals surface area contributed by atoms with E-state index in [-0.39, 0.29) is 5.82 Å². The molecule has 3 rings (SSSR count). The number of benzene rings is 1. The van der Waals surface area contributed by atoms with Crippen LogP contribution >= 0.6 is 0 Å². The van der Waals surface area contributed by atoms with Gasteiger partial charge in [-0.1, -0.05) is 17.7 Å². The lowest BCUT2D eigenvalue weighted by atomic mass is 10.0. The number of nitrogens with zero attached hydrogens (tertiary/aromatic N) is 2. The van der Waals surface area contributed by atoms with Gasteiger partial charge in [0.25, 0.3) is 0 Å². The molecule has 0 saturated carbocycles. The van der Waals surface area contributed by atoms with Crippen molar-refractivity contribution in [1.82, 2.24) is 10.2 Å². The molecule has 0 radical (unpaired) electrons. The number of anilines is 1. The molecule has 2 aliphatic heterocycles. The molecule has 3 nitrogen and oxygen atoms in total. The average molecular weight is 275 g/mol. The Balaban J connectivity index is 1.56. The molecule has 2 saturated heterocycles. The molecule has 2 fully saturated rings. The van der Waals surface area contributed by atoms with Gasteiger partial charge in [-0.3, -0.25) is 4.90 Å². The first-order chi connectivity index (χ1) is 9.74. The highest BCUT2D eigenvalue weighted by atomic mass is 19.1. The van der Waals surface area contributed by atoms with Crippen molar-refractivity contribution in [3.8, 4) is 0 Å². The number of hydrogen-bond acceptors (Lipinski definition) is 3. The summed E-state index contributed by atoms with van der Waals surface area (Å²) >= 11 is 0. The molecular formula is C16H22FN3. The third-order valence-corrected chi connectivity index (χ3v) is 4.31. The van der Waals surface area contributed by atoms with Crippen LogP contribution in [0.4, 0.5) is 10.1 Å². The third-order valence-electron chi connectivity index (χ3n) is 4.31. The second-order valence-electron chi connectivity index (χ2n) is 5.70. The van der Waals surface area contributed by atoms with E-state index in [1.165, 1.54) is 5.57 Å². The fourth-order valence-electron chi connectivity index (χ4n) is 2.85. The van der Waals surface area contributed by atoms with Crippen LogP contribution in [-0.4, -0.2) is 50.7 Å². The van der Waals surface area contributed by atoms with Gasteiger partial charge in [-0.2, -0.15) is 0 Å². The maximum absolute atomic E-state index is 13.8. The Kier molecular flexibility index (Phi) is 4.03. The first kappa shape index (κ1) is 13.6. The molecule has 0 amide bonds. The van der Waals surface area contributed by atoms with Crippen molar-refractivity contribution in [1.29, 1.82) is 0 Å². The standard InChI is InChI=1S/C16H22FN3/c1-13(14-10-18-11-14)12-19-6-8-20(9-7-19)16-5-3-2-4-15(16)17/h2-5,18H,6-12H2,1H3. The molecular weight excluding hydrogens is 253 g/mol. The zero-order valence-electron chi connectivity index (χ0n) is 12.0. The first-order valence-corrected chi connectivity index (χ1v) is 7.34. The molecule has 0 atom stereocenters. The summed E-state index contributed by atoms with van der Waals surface area (Å²) in [5.74, 6) is -0.111. The second kappa shape index (κ2) is 5.94. The SMILES string of the molecule is CC(CN1CCN(c2ccccc2F)CC1)=C1CNC1. The molecule has 0 aliphatic carbocycles. The van der Waals surface area contributed by atoms with Gasteiger partial charge in [0, 0.05) is 45.8 Å². The van der Waals surface area contributed by atoms with Crippen molar-refractivity contribution in [2.45, 2.75) is 6.92 Å². The summed E-state index contributed by atoms with van der Waals surface area (Å²) in [4.78, 5) is 4.62. The van der Waals surface area contributed by atoms with Crippen LogP contribution in [0.5, 0.6) is 0 Å². The summed E-state index contributed by atoms with van der Waals surface area (Å²) < 4.78 is 13.8. The van der Waals surface area contributed by atoms with Crippen LogP contribution in [0.2, 0.25) is 0 Å². The van der Waals surface area contributed by atoms with Gasteiger partial charge in [-0.15, -0.1) is 0 Å². The minimum atomic E-state index is -0.111. The lowest BCUT2D eigenvalue weighted by Gasteiger charge is -2.37. The van der Waals surface area contributed by atoms with Crippen molar-refractivity contribution in [2.24, 2.45) is 0 Å². The van der Waals surface area contributed by atoms with Crippen LogP contribution < -0.4 is 10.2 Å². The molecule has 1 N–H and O–H groups in total. The first-order valence-electron chi connectivity index (χ1n) is 7.34. The quantitative estimate of drug-likeness (QED) is 0.850. The van der Waals surface area contributed by atoms with Crippen molar-refractivity contribution in [2.75, 3.05) is 50.7 Å². The lowest BCUT2D eigenvalue weighted by Crippen LogP contribution is -2.47. The van der Waals surface area contributed by atoms with E-state index in [1.54, 1.807) is 17.7 Å². The van der Waals surface area contributed by atoms with Gasteiger partial charge in [0.15, 0.2) is 0 Å². The molecule has 108 valence electrons. The molecule has 1 aromatic carbocycles. The second-order valence-corrected chi connectivity index (χ2v) is 5.70. The van der Waals surface area contributed by atoms with Crippen molar-refractivity contribution < 1.29 is 4.39 Å². The topological polar surface area (TPSA) is 18.5 Å². The van der Waals surface area contributed by atoms with Crippen molar-refractivity contribution in [3.63, 3.8) is 0 Å². The van der Waals surface area contributed by atoms with E-state index in [4.69, 9.17) is 0 Å². The summed E-state index contributed by atoms with van der Waals surface area (Å²) in [7, 11) is 0. The number of para-hydroxylation sites is 1. The molecule has 2 heterocycles. The minimum absolute atomic E-state index is 0.111. The number of piperazine rings is 1. The Hall–Kier alpha value is -1.39. The largest absolute Gasteiger partial charge is 0.367 e. The Labute approximate surface area is 120 Å². The molecule has 0 aromatic heterocycles. The van der Waals surface area contributed by atoms with Gasteiger partial charge in [-0.25, -0.2) is 4.39 Å². The lowest BCUT2D eigenvalue weighted by molar-refractivity contribution is 0.276. The summed E-state index contributed by atoms with van der Waals surface area (Å²) in [6.07, 6.45) is 0. The van der Waals surface area contributed by atoms with E-state index < -0.39 is 0 Å². The fraction of sp³-hybridized carbons (Fsp3) is 0.500. The maximum Gasteiger partial charge on any atom is 0.146 e. The smallest absolute Gasteiger partial charge is 0.146 e. The zero-order chi connectivity index (χ0) is 13.9. The highest BCUT2D eigenvalue weighted by Gasteiger charge is 2.20. The Bertz CT molecular complexity index is 498. The summed E-state index contributed by atoms with van der Waals surface area (Å²) in [5, 5.41) is 3.29. The van der Waals surface area contributed by atoms with Crippen LogP contribution in [0, 0.1) is 5.82 Å². The number of rotatable bonds is 3. The number of hydrogen-bond donors (Lipinski definition) is 1. The van der Waals surface area contributed by atoms with Gasteiger partial charge in [0.2, 0.25) is 0 Å². The number of nitrogens with one attached hydrogen (secondary N) is 1. The van der Waals surface area contributed by atoms with E-state index >= 15 is 0 Å². The predicted octanol–water partition coefficient (Wildman–Crippen LogP) is 1.87. The fourth-order valence-corrected chi connectivity index (χ4v) is 2.85. The van der Waals surface area contributed by atoms with E-state index in [2.05, 4.69) is 22.0 Å². The summed E-state index contributed by atoms with van der Waals surface area (Å²) in [6.45, 7) is 9.23. The molecule has 1 aromatic rings. The van der Waals surface area contributed by atoms with Gasteiger partial charge in [0.05, 0.1) is 5.69 Å². The highest BCUT2D eigenvalue weighted by molar-refractivity contribution is 5.48. The predicted molar refractivity (Wildman–Crippen MR) is 80.6 cm³/mol. The van der Waals surface area contributed by atoms with Crippen molar-refractivity contribution in [3.05, 3.63) is 41.2 Å². The summed E-state index contributed by atoms with van der Waals surface area (Å²) in [5.41, 5.74) is 3.80. The molecule has 0 unspecified atom stereocenters. The van der Waals surface area contributed by atoms with Crippen LogP contribution in [0.15, 0.2) is 35.4 Å². The monoisotopic (exact) mass is 275 g/mol. The van der Waals surface area contributed by atoms with Gasteiger partial charge in [-0.05, 0) is 24.6 Å². The third kappa shape index (κ3) is 2.86. The number of halogens is 1. The zero-order valence-corrected chi connectivity index (χ0v) is 12.0. The molecule has 2 aliphatic rings. The van der Waals surface area contributed by atoms with Gasteiger partial charge < -0.3 is 10.2 Å². The Morgan fingerprint density at radius 1 is 1.15 bits per heavy atom. The molecule has 0 spiro atoms. The van der Waals surface area contributed by atoms with E-state index in [0.29, 0.717) is 0 Å². The summed E-state index contributed by atoms with van der Waals surface area (Å²) in [6, 6.07) is 7.07. The Morgan fingerprint density at radius 2 is 1.85 bits per heavy atom. The normalized spacial score (nSPS) is 19.9. The van der Waals surface area contributed by atoms with Gasteiger partial charge in [0.1, 0.15) is 5.82 Å². The van der Waals surface area contributed by atoms with Crippen LogP contribution in [-0.2, 0) is 0 Å². The van der Waals surface area contributed by atoms with E-state index in [1.807, 2.05) is 12.1 Å².